The van der Waals surface area contributed by atoms with E-state index < -0.39 is 40.9 Å². The van der Waals surface area contributed by atoms with Crippen molar-refractivity contribution in [3.63, 3.8) is 0 Å². The monoisotopic (exact) mass is 396 g/mol. The average molecular weight is 396 g/mol. The third-order valence-corrected chi connectivity index (χ3v) is 4.25. The molecule has 1 aliphatic heterocycles. The number of hydrogen-bond acceptors (Lipinski definition) is 8. The normalized spacial score (nSPS) is 14.4. The fraction of sp³-hybridized carbons (Fsp3) is 0.105. The maximum Gasteiger partial charge on any atom is 0.333 e. The number of carboxylic acid groups (broad SMARTS) is 2. The van der Waals surface area contributed by atoms with Gasteiger partial charge in [-0.15, -0.1) is 0 Å². The third-order valence-electron chi connectivity index (χ3n) is 4.25. The summed E-state index contributed by atoms with van der Waals surface area (Å²) >= 11 is 0. The molecular weight excluding hydrogens is 384 g/mol. The Labute approximate surface area is 163 Å². The smallest absolute Gasteiger partial charge is 0.333 e. The van der Waals surface area contributed by atoms with E-state index in [-0.39, 0.29) is 22.7 Å². The van der Waals surface area contributed by atoms with E-state index in [1.807, 2.05) is 0 Å². The zero-order valence-corrected chi connectivity index (χ0v) is 15.1. The van der Waals surface area contributed by atoms with Crippen LogP contribution in [0.15, 0.2) is 40.3 Å². The first-order valence-corrected chi connectivity index (χ1v) is 8.10. The zero-order valence-electron chi connectivity index (χ0n) is 15.1. The van der Waals surface area contributed by atoms with Crippen LogP contribution >= 0.6 is 0 Å². The van der Waals surface area contributed by atoms with Gasteiger partial charge in [-0.05, 0) is 47.5 Å². The topological polar surface area (TPSA) is 151 Å². The van der Waals surface area contributed by atoms with Crippen molar-refractivity contribution in [2.45, 2.75) is 0 Å². The number of rotatable bonds is 4. The van der Waals surface area contributed by atoms with Crippen LogP contribution < -0.4 is 10.2 Å². The van der Waals surface area contributed by atoms with Crippen LogP contribution in [0.4, 0.5) is 4.79 Å². The molecule has 0 unspecified atom stereocenters. The highest BCUT2D eigenvalue weighted by atomic mass is 16.4. The summed E-state index contributed by atoms with van der Waals surface area (Å²) in [5.41, 5.74) is -0.981. The Morgan fingerprint density at radius 2 is 1.41 bits per heavy atom. The number of benzene rings is 1. The Balaban J connectivity index is 2.02. The number of likely N-dealkylation sites (N-methyl/N-ethyl adjacent to an activating group) is 2. The number of barbiturate groups is 1. The Kier molecular flexibility index (Phi) is 4.77. The van der Waals surface area contributed by atoms with Gasteiger partial charge in [0.05, 0.1) is 11.9 Å². The maximum atomic E-state index is 12.2. The minimum absolute atomic E-state index is 0.0571. The molecule has 2 aromatic rings. The lowest BCUT2D eigenvalue weighted by Crippen LogP contribution is -2.52. The molecule has 0 N–H and O–H groups in total. The third kappa shape index (κ3) is 3.50. The number of urea groups is 1. The summed E-state index contributed by atoms with van der Waals surface area (Å²) in [6.07, 6.45) is 1.13. The van der Waals surface area contributed by atoms with E-state index in [0.717, 1.165) is 34.1 Å². The van der Waals surface area contributed by atoms with Crippen molar-refractivity contribution in [3.05, 3.63) is 52.8 Å². The standard InChI is InChI=1S/C19H14N2O8/c1-20-15(22)13(16(23)21(2)19(20)28)8-12-3-4-14(29-12)9-5-10(17(24)25)7-11(6-9)18(26)27/h3-8H,1-2H3,(H,24,25)(H,26,27)/p-2. The number of nitrogens with zero attached hydrogens (tertiary/aromatic N) is 2. The number of furan rings is 1. The highest BCUT2D eigenvalue weighted by molar-refractivity contribution is 6.30. The Hall–Kier alpha value is -4.21. The molecule has 1 aromatic heterocycles. The summed E-state index contributed by atoms with van der Waals surface area (Å²) < 4.78 is 5.51. The van der Waals surface area contributed by atoms with Gasteiger partial charge in [0.15, 0.2) is 0 Å². The van der Waals surface area contributed by atoms with Gasteiger partial charge in [0.2, 0.25) is 0 Å². The van der Waals surface area contributed by atoms with Gasteiger partial charge in [0.1, 0.15) is 17.1 Å². The largest absolute Gasteiger partial charge is 0.545 e. The summed E-state index contributed by atoms with van der Waals surface area (Å²) in [7, 11) is 2.45. The molecule has 0 atom stereocenters. The van der Waals surface area contributed by atoms with E-state index in [9.17, 15) is 34.2 Å². The average Bonchev–Trinajstić information content (AvgIpc) is 3.16. The summed E-state index contributed by atoms with van der Waals surface area (Å²) in [5.74, 6) is -4.66. The van der Waals surface area contributed by atoms with Crippen molar-refractivity contribution in [3.8, 4) is 11.3 Å². The SMILES string of the molecule is CN1C(=O)C(=Cc2ccc(-c3cc(C(=O)[O-])cc(C(=O)[O-])c3)o2)C(=O)N(C)C1=O. The summed E-state index contributed by atoms with van der Waals surface area (Å²) in [6, 6.07) is 5.21. The predicted octanol–water partition coefficient (Wildman–Crippen LogP) is -0.893. The number of aromatic carboxylic acids is 2. The quantitative estimate of drug-likeness (QED) is 0.477. The molecule has 10 nitrogen and oxygen atoms in total. The van der Waals surface area contributed by atoms with Crippen molar-refractivity contribution < 1.29 is 38.6 Å². The van der Waals surface area contributed by atoms with Crippen molar-refractivity contribution >= 4 is 35.9 Å². The van der Waals surface area contributed by atoms with Crippen LogP contribution in [0.5, 0.6) is 0 Å². The van der Waals surface area contributed by atoms with Crippen molar-refractivity contribution in [1.82, 2.24) is 9.80 Å². The van der Waals surface area contributed by atoms with Gasteiger partial charge >= 0.3 is 6.03 Å². The minimum Gasteiger partial charge on any atom is -0.545 e. The van der Waals surface area contributed by atoms with Gasteiger partial charge in [-0.1, -0.05) is 0 Å². The molecule has 29 heavy (non-hydrogen) atoms. The van der Waals surface area contributed by atoms with E-state index >= 15 is 0 Å². The molecule has 0 bridgehead atoms. The molecule has 1 aliphatic rings. The van der Waals surface area contributed by atoms with Crippen LogP contribution in [0.2, 0.25) is 0 Å². The molecule has 10 heteroatoms. The Morgan fingerprint density at radius 1 is 0.897 bits per heavy atom. The van der Waals surface area contributed by atoms with Crippen molar-refractivity contribution in [2.75, 3.05) is 14.1 Å². The number of carbonyl (C=O) groups is 5. The molecule has 1 fully saturated rings. The van der Waals surface area contributed by atoms with Gasteiger partial charge in [0, 0.05) is 19.7 Å². The van der Waals surface area contributed by atoms with Crippen LogP contribution in [0.3, 0.4) is 0 Å². The van der Waals surface area contributed by atoms with Gasteiger partial charge in [-0.2, -0.15) is 0 Å². The molecule has 2 heterocycles. The second kappa shape index (κ2) is 7.08. The molecule has 0 spiro atoms. The first-order chi connectivity index (χ1) is 13.6. The van der Waals surface area contributed by atoms with Crippen LogP contribution in [-0.4, -0.2) is 53.7 Å². The molecule has 0 aliphatic carbocycles. The highest BCUT2D eigenvalue weighted by Crippen LogP contribution is 2.27. The van der Waals surface area contributed by atoms with Gasteiger partial charge < -0.3 is 24.2 Å². The van der Waals surface area contributed by atoms with E-state index in [1.54, 1.807) is 0 Å². The predicted molar refractivity (Wildman–Crippen MR) is 91.7 cm³/mol. The van der Waals surface area contributed by atoms with Crippen molar-refractivity contribution in [2.24, 2.45) is 0 Å². The van der Waals surface area contributed by atoms with E-state index in [2.05, 4.69) is 0 Å². The number of hydrogen-bond donors (Lipinski definition) is 0. The Morgan fingerprint density at radius 3 is 1.90 bits per heavy atom. The first-order valence-electron chi connectivity index (χ1n) is 8.10. The number of carboxylic acids is 2. The molecule has 0 saturated carbocycles. The molecule has 0 radical (unpaired) electrons. The van der Waals surface area contributed by atoms with Gasteiger partial charge in [-0.25, -0.2) is 4.79 Å². The summed E-state index contributed by atoms with van der Waals surface area (Å²) in [6.45, 7) is 0. The molecule has 4 amide bonds. The van der Waals surface area contributed by atoms with Crippen LogP contribution in [0.25, 0.3) is 17.4 Å². The lowest BCUT2D eigenvalue weighted by atomic mass is 10.0. The van der Waals surface area contributed by atoms with Crippen LogP contribution in [-0.2, 0) is 9.59 Å². The minimum atomic E-state index is -1.59. The fourth-order valence-corrected chi connectivity index (χ4v) is 2.71. The molecular formula is C19H12N2O8-2. The second-order valence-electron chi connectivity index (χ2n) is 6.14. The van der Waals surface area contributed by atoms with E-state index in [4.69, 9.17) is 4.42 Å². The zero-order chi connectivity index (χ0) is 21.5. The molecule has 1 saturated heterocycles. The summed E-state index contributed by atoms with van der Waals surface area (Å²) in [5, 5.41) is 22.2. The van der Waals surface area contributed by atoms with Crippen molar-refractivity contribution in [1.29, 1.82) is 0 Å². The van der Waals surface area contributed by atoms with Gasteiger partial charge in [-0.3, -0.25) is 19.4 Å². The number of amides is 4. The lowest BCUT2D eigenvalue weighted by molar-refractivity contribution is -0.255. The van der Waals surface area contributed by atoms with E-state index in [1.165, 1.54) is 26.2 Å². The van der Waals surface area contributed by atoms with Gasteiger partial charge in [0.25, 0.3) is 11.8 Å². The fourth-order valence-electron chi connectivity index (χ4n) is 2.71. The molecule has 148 valence electrons. The summed E-state index contributed by atoms with van der Waals surface area (Å²) in [4.78, 5) is 60.0. The van der Waals surface area contributed by atoms with E-state index in [0.29, 0.717) is 0 Å². The number of imide groups is 2. The number of carbonyl (C=O) groups excluding carboxylic acids is 5. The first kappa shape index (κ1) is 19.5. The van der Waals surface area contributed by atoms with Crippen LogP contribution in [0, 0.1) is 0 Å². The lowest BCUT2D eigenvalue weighted by Gasteiger charge is -2.28. The molecule has 1 aromatic carbocycles. The maximum absolute atomic E-state index is 12.2. The molecule has 3 rings (SSSR count). The highest BCUT2D eigenvalue weighted by Gasteiger charge is 2.38. The second-order valence-corrected chi connectivity index (χ2v) is 6.14. The van der Waals surface area contributed by atoms with Crippen LogP contribution in [0.1, 0.15) is 26.5 Å². The Bertz CT molecular complexity index is 1050.